The van der Waals surface area contributed by atoms with Gasteiger partial charge in [-0.25, -0.2) is 0 Å². The second kappa shape index (κ2) is 8.52. The van der Waals surface area contributed by atoms with Crippen LogP contribution in [0.25, 0.3) is 11.1 Å². The van der Waals surface area contributed by atoms with Crippen LogP contribution in [-0.2, 0) is 4.79 Å². The molecule has 0 saturated heterocycles. The zero-order chi connectivity index (χ0) is 19.2. The number of carbonyl (C=O) groups excluding carboxylic acids is 2. The van der Waals surface area contributed by atoms with Gasteiger partial charge in [-0.3, -0.25) is 9.59 Å². The first-order valence-corrected chi connectivity index (χ1v) is 8.87. The van der Waals surface area contributed by atoms with E-state index in [9.17, 15) is 9.59 Å². The van der Waals surface area contributed by atoms with Crippen LogP contribution in [0.4, 0.5) is 5.69 Å². The minimum atomic E-state index is -0.269. The lowest BCUT2D eigenvalue weighted by Gasteiger charge is -2.17. The molecule has 3 aromatic rings. The Kier molecular flexibility index (Phi) is 5.89. The van der Waals surface area contributed by atoms with Gasteiger partial charge in [-0.2, -0.15) is 0 Å². The number of halogens is 1. The zero-order valence-corrected chi connectivity index (χ0v) is 15.6. The van der Waals surface area contributed by atoms with Crippen molar-refractivity contribution >= 4 is 29.1 Å². The van der Waals surface area contributed by atoms with Crippen molar-refractivity contribution in [2.45, 2.75) is 0 Å². The Morgan fingerprint density at radius 2 is 1.44 bits per heavy atom. The van der Waals surface area contributed by atoms with Gasteiger partial charge < -0.3 is 10.2 Å². The monoisotopic (exact) mass is 378 g/mol. The first-order valence-electron chi connectivity index (χ1n) is 8.49. The minimum Gasteiger partial charge on any atom is -0.332 e. The summed E-state index contributed by atoms with van der Waals surface area (Å²) in [7, 11) is 1.61. The van der Waals surface area contributed by atoms with Crippen molar-refractivity contribution < 1.29 is 9.59 Å². The fourth-order valence-electron chi connectivity index (χ4n) is 2.68. The fraction of sp³-hybridized carbons (Fsp3) is 0.0909. The minimum absolute atomic E-state index is 0.0398. The summed E-state index contributed by atoms with van der Waals surface area (Å²) in [4.78, 5) is 26.1. The molecule has 0 radical (unpaired) electrons. The number of hydrogen-bond donors (Lipinski definition) is 1. The summed E-state index contributed by atoms with van der Waals surface area (Å²) >= 11 is 5.83. The van der Waals surface area contributed by atoms with Gasteiger partial charge in [0.25, 0.3) is 5.91 Å². The molecule has 0 aliphatic carbocycles. The molecule has 4 nitrogen and oxygen atoms in total. The van der Waals surface area contributed by atoms with Crippen LogP contribution in [0.2, 0.25) is 5.02 Å². The lowest BCUT2D eigenvalue weighted by Crippen LogP contribution is -2.34. The van der Waals surface area contributed by atoms with Crippen LogP contribution in [0.5, 0.6) is 0 Å². The van der Waals surface area contributed by atoms with Gasteiger partial charge in [-0.1, -0.05) is 54.1 Å². The van der Waals surface area contributed by atoms with Crippen molar-refractivity contribution in [3.63, 3.8) is 0 Å². The summed E-state index contributed by atoms with van der Waals surface area (Å²) in [5, 5.41) is 3.34. The average Bonchev–Trinajstić information content (AvgIpc) is 2.70. The molecule has 0 heterocycles. The van der Waals surface area contributed by atoms with Gasteiger partial charge in [0.15, 0.2) is 0 Å². The second-order valence-electron chi connectivity index (χ2n) is 6.16. The lowest BCUT2D eigenvalue weighted by atomic mass is 10.0. The summed E-state index contributed by atoms with van der Waals surface area (Å²) in [5.74, 6) is -0.477. The van der Waals surface area contributed by atoms with E-state index in [0.717, 1.165) is 11.1 Å². The Bertz CT molecular complexity index is 923. The number of hydrogen-bond acceptors (Lipinski definition) is 2. The summed E-state index contributed by atoms with van der Waals surface area (Å²) in [6.45, 7) is -0.0398. The molecule has 0 saturated carbocycles. The quantitative estimate of drug-likeness (QED) is 0.698. The van der Waals surface area contributed by atoms with E-state index < -0.39 is 0 Å². The molecule has 0 unspecified atom stereocenters. The zero-order valence-electron chi connectivity index (χ0n) is 14.9. The van der Waals surface area contributed by atoms with Crippen molar-refractivity contribution in [1.82, 2.24) is 4.90 Å². The van der Waals surface area contributed by atoms with Crippen molar-refractivity contribution in [2.24, 2.45) is 0 Å². The highest BCUT2D eigenvalue weighted by molar-refractivity contribution is 6.30. The topological polar surface area (TPSA) is 49.4 Å². The molecule has 2 amide bonds. The number of nitrogens with one attached hydrogen (secondary N) is 1. The predicted octanol–water partition coefficient (Wildman–Crippen LogP) is 4.72. The maximum atomic E-state index is 12.6. The molecule has 0 atom stereocenters. The van der Waals surface area contributed by atoms with Gasteiger partial charge in [0.05, 0.1) is 6.54 Å². The molecule has 5 heteroatoms. The Hall–Kier alpha value is -3.11. The Morgan fingerprint density at radius 3 is 2.07 bits per heavy atom. The number of anilines is 1. The van der Waals surface area contributed by atoms with Crippen molar-refractivity contribution in [3.8, 4) is 11.1 Å². The third-order valence-electron chi connectivity index (χ3n) is 4.09. The smallest absolute Gasteiger partial charge is 0.254 e. The van der Waals surface area contributed by atoms with Crippen LogP contribution < -0.4 is 5.32 Å². The first-order chi connectivity index (χ1) is 13.0. The van der Waals surface area contributed by atoms with Crippen molar-refractivity contribution in [3.05, 3.63) is 89.4 Å². The molecule has 0 aliphatic rings. The number of amides is 2. The number of likely N-dealkylation sites (N-methyl/N-ethyl adjacent to an activating group) is 1. The van der Waals surface area contributed by atoms with Gasteiger partial charge >= 0.3 is 0 Å². The number of benzene rings is 3. The lowest BCUT2D eigenvalue weighted by molar-refractivity contribution is -0.116. The first kappa shape index (κ1) is 18.7. The SMILES string of the molecule is CN(CC(=O)Nc1ccc(Cl)cc1)C(=O)c1ccc(-c2ccccc2)cc1. The van der Waals surface area contributed by atoms with E-state index in [0.29, 0.717) is 16.3 Å². The summed E-state index contributed by atoms with van der Waals surface area (Å²) < 4.78 is 0. The molecule has 3 rings (SSSR count). The summed E-state index contributed by atoms with van der Waals surface area (Å²) in [6, 6.07) is 24.1. The molecular weight excluding hydrogens is 360 g/mol. The summed E-state index contributed by atoms with van der Waals surface area (Å²) in [5.41, 5.74) is 3.30. The molecule has 27 heavy (non-hydrogen) atoms. The predicted molar refractivity (Wildman–Crippen MR) is 109 cm³/mol. The molecule has 136 valence electrons. The molecule has 0 aliphatic heterocycles. The van der Waals surface area contributed by atoms with Gasteiger partial charge in [0.1, 0.15) is 0 Å². The van der Waals surface area contributed by atoms with E-state index in [1.54, 1.807) is 43.4 Å². The third kappa shape index (κ3) is 4.96. The molecule has 0 fully saturated rings. The van der Waals surface area contributed by atoms with E-state index in [4.69, 9.17) is 11.6 Å². The van der Waals surface area contributed by atoms with E-state index in [1.165, 1.54) is 4.90 Å². The standard InChI is InChI=1S/C22H19ClN2O2/c1-25(15-21(26)24-20-13-11-19(23)12-14-20)22(27)18-9-7-17(8-10-18)16-5-3-2-4-6-16/h2-14H,15H2,1H3,(H,24,26). The van der Waals surface area contributed by atoms with Gasteiger partial charge in [0, 0.05) is 23.3 Å². The Labute approximate surface area is 163 Å². The largest absolute Gasteiger partial charge is 0.332 e. The number of rotatable bonds is 5. The van der Waals surface area contributed by atoms with Gasteiger partial charge in [0.2, 0.25) is 5.91 Å². The maximum Gasteiger partial charge on any atom is 0.254 e. The van der Waals surface area contributed by atoms with Crippen molar-refractivity contribution in [2.75, 3.05) is 18.9 Å². The molecule has 0 aromatic heterocycles. The molecular formula is C22H19ClN2O2. The molecule has 0 spiro atoms. The van der Waals surface area contributed by atoms with Crippen LogP contribution in [0.1, 0.15) is 10.4 Å². The number of nitrogens with zero attached hydrogens (tertiary/aromatic N) is 1. The average molecular weight is 379 g/mol. The van der Waals surface area contributed by atoms with Crippen molar-refractivity contribution in [1.29, 1.82) is 0 Å². The van der Waals surface area contributed by atoms with Crippen LogP contribution in [-0.4, -0.2) is 30.3 Å². The Balaban J connectivity index is 1.61. The van der Waals surface area contributed by atoms with E-state index in [-0.39, 0.29) is 18.4 Å². The van der Waals surface area contributed by atoms with Crippen LogP contribution in [0.15, 0.2) is 78.9 Å². The Morgan fingerprint density at radius 1 is 0.852 bits per heavy atom. The normalized spacial score (nSPS) is 10.3. The van der Waals surface area contributed by atoms with E-state index >= 15 is 0 Å². The van der Waals surface area contributed by atoms with Crippen LogP contribution in [0, 0.1) is 0 Å². The molecule has 3 aromatic carbocycles. The van der Waals surface area contributed by atoms with E-state index in [1.807, 2.05) is 42.5 Å². The fourth-order valence-corrected chi connectivity index (χ4v) is 2.80. The van der Waals surface area contributed by atoms with Gasteiger partial charge in [-0.15, -0.1) is 0 Å². The van der Waals surface area contributed by atoms with E-state index in [2.05, 4.69) is 5.32 Å². The highest BCUT2D eigenvalue weighted by Gasteiger charge is 2.15. The van der Waals surface area contributed by atoms with Gasteiger partial charge in [-0.05, 0) is 47.5 Å². The maximum absolute atomic E-state index is 12.6. The molecule has 1 N–H and O–H groups in total. The highest BCUT2D eigenvalue weighted by Crippen LogP contribution is 2.19. The second-order valence-corrected chi connectivity index (χ2v) is 6.60. The van der Waals surface area contributed by atoms with Crippen LogP contribution in [0.3, 0.4) is 0 Å². The van der Waals surface area contributed by atoms with Crippen LogP contribution >= 0.6 is 11.6 Å². The third-order valence-corrected chi connectivity index (χ3v) is 4.35. The highest BCUT2D eigenvalue weighted by atomic mass is 35.5. The number of carbonyl (C=O) groups is 2. The summed E-state index contributed by atoms with van der Waals surface area (Å²) in [6.07, 6.45) is 0. The molecule has 0 bridgehead atoms.